The Kier molecular flexibility index (Phi) is 7.56. The fourth-order valence-corrected chi connectivity index (χ4v) is 2.12. The van der Waals surface area contributed by atoms with Crippen LogP contribution >= 0.6 is 15.9 Å². The van der Waals surface area contributed by atoms with E-state index in [0.29, 0.717) is 5.92 Å². The lowest BCUT2D eigenvalue weighted by Gasteiger charge is -2.19. The third kappa shape index (κ3) is 5.98. The molecule has 2 nitrogen and oxygen atoms in total. The SMILES string of the molecule is CCNCC(OCCC(C)C)c1cccc(Br)c1. The van der Waals surface area contributed by atoms with Gasteiger partial charge in [-0.1, -0.05) is 48.8 Å². The minimum absolute atomic E-state index is 0.140. The Bertz CT molecular complexity index is 341. The van der Waals surface area contributed by atoms with Gasteiger partial charge in [-0.2, -0.15) is 0 Å². The van der Waals surface area contributed by atoms with E-state index in [9.17, 15) is 0 Å². The summed E-state index contributed by atoms with van der Waals surface area (Å²) in [6, 6.07) is 8.37. The first-order valence-electron chi connectivity index (χ1n) is 6.71. The van der Waals surface area contributed by atoms with Gasteiger partial charge in [0, 0.05) is 17.6 Å². The number of halogens is 1. The van der Waals surface area contributed by atoms with E-state index >= 15 is 0 Å². The molecule has 1 aromatic carbocycles. The molecule has 1 aromatic rings. The van der Waals surface area contributed by atoms with Crippen LogP contribution in [0.4, 0.5) is 0 Å². The summed E-state index contributed by atoms with van der Waals surface area (Å²) in [6.45, 7) is 9.22. The van der Waals surface area contributed by atoms with Crippen molar-refractivity contribution in [2.75, 3.05) is 19.7 Å². The molecule has 0 radical (unpaired) electrons. The zero-order valence-corrected chi connectivity index (χ0v) is 13.2. The van der Waals surface area contributed by atoms with Gasteiger partial charge in [-0.15, -0.1) is 0 Å². The van der Waals surface area contributed by atoms with Gasteiger partial charge in [0.25, 0.3) is 0 Å². The van der Waals surface area contributed by atoms with Crippen LogP contribution in [0.25, 0.3) is 0 Å². The highest BCUT2D eigenvalue weighted by Gasteiger charge is 2.12. The number of ether oxygens (including phenoxy) is 1. The highest BCUT2D eigenvalue weighted by atomic mass is 79.9. The molecule has 1 rings (SSSR count). The summed E-state index contributed by atoms with van der Waals surface area (Å²) in [6.07, 6.45) is 1.25. The average Bonchev–Trinajstić information content (AvgIpc) is 2.33. The second-order valence-corrected chi connectivity index (χ2v) is 5.82. The summed E-state index contributed by atoms with van der Waals surface area (Å²) in [5, 5.41) is 3.36. The van der Waals surface area contributed by atoms with Crippen LogP contribution in [0, 0.1) is 5.92 Å². The van der Waals surface area contributed by atoms with Crippen LogP contribution in [0.2, 0.25) is 0 Å². The minimum Gasteiger partial charge on any atom is -0.372 e. The number of hydrogen-bond acceptors (Lipinski definition) is 2. The zero-order chi connectivity index (χ0) is 13.4. The van der Waals surface area contributed by atoms with Crippen LogP contribution in [-0.4, -0.2) is 19.7 Å². The molecule has 0 bridgehead atoms. The summed E-state index contributed by atoms with van der Waals surface area (Å²) >= 11 is 3.51. The maximum absolute atomic E-state index is 6.01. The Balaban J connectivity index is 2.59. The molecule has 18 heavy (non-hydrogen) atoms. The van der Waals surface area contributed by atoms with E-state index in [1.165, 1.54) is 5.56 Å². The average molecular weight is 314 g/mol. The van der Waals surface area contributed by atoms with Crippen LogP contribution in [0.1, 0.15) is 38.9 Å². The van der Waals surface area contributed by atoms with E-state index in [4.69, 9.17) is 4.74 Å². The lowest BCUT2D eigenvalue weighted by atomic mass is 10.1. The molecule has 0 saturated heterocycles. The van der Waals surface area contributed by atoms with Crippen molar-refractivity contribution in [3.63, 3.8) is 0 Å². The van der Waals surface area contributed by atoms with E-state index in [1.54, 1.807) is 0 Å². The molecule has 0 fully saturated rings. The van der Waals surface area contributed by atoms with Crippen LogP contribution in [-0.2, 0) is 4.74 Å². The van der Waals surface area contributed by atoms with Crippen molar-refractivity contribution in [3.8, 4) is 0 Å². The minimum atomic E-state index is 0.140. The molecule has 0 aliphatic heterocycles. The van der Waals surface area contributed by atoms with Gasteiger partial charge in [-0.3, -0.25) is 0 Å². The molecule has 0 aliphatic rings. The normalized spacial score (nSPS) is 12.9. The summed E-state index contributed by atoms with van der Waals surface area (Å²) in [7, 11) is 0. The first-order valence-corrected chi connectivity index (χ1v) is 7.50. The van der Waals surface area contributed by atoms with Crippen molar-refractivity contribution in [1.82, 2.24) is 5.32 Å². The second-order valence-electron chi connectivity index (χ2n) is 4.90. The largest absolute Gasteiger partial charge is 0.372 e. The monoisotopic (exact) mass is 313 g/mol. The van der Waals surface area contributed by atoms with Crippen molar-refractivity contribution in [3.05, 3.63) is 34.3 Å². The first-order chi connectivity index (χ1) is 8.63. The van der Waals surface area contributed by atoms with E-state index in [2.05, 4.69) is 60.2 Å². The molecule has 1 atom stereocenters. The van der Waals surface area contributed by atoms with Gasteiger partial charge in [0.15, 0.2) is 0 Å². The molecule has 0 amide bonds. The van der Waals surface area contributed by atoms with Crippen LogP contribution in [0.5, 0.6) is 0 Å². The lowest BCUT2D eigenvalue weighted by molar-refractivity contribution is 0.0461. The second kappa shape index (κ2) is 8.68. The van der Waals surface area contributed by atoms with Gasteiger partial charge in [0.1, 0.15) is 0 Å². The number of benzene rings is 1. The predicted molar refractivity (Wildman–Crippen MR) is 80.8 cm³/mol. The van der Waals surface area contributed by atoms with Gasteiger partial charge in [-0.25, -0.2) is 0 Å². The Labute approximate surface area is 119 Å². The van der Waals surface area contributed by atoms with Gasteiger partial charge >= 0.3 is 0 Å². The van der Waals surface area contributed by atoms with Crippen molar-refractivity contribution in [1.29, 1.82) is 0 Å². The molecule has 102 valence electrons. The van der Waals surface area contributed by atoms with Gasteiger partial charge in [0.2, 0.25) is 0 Å². The molecule has 0 saturated carbocycles. The number of hydrogen-bond donors (Lipinski definition) is 1. The van der Waals surface area contributed by atoms with Gasteiger partial charge in [-0.05, 0) is 36.6 Å². The van der Waals surface area contributed by atoms with E-state index < -0.39 is 0 Å². The highest BCUT2D eigenvalue weighted by Crippen LogP contribution is 2.21. The molecular weight excluding hydrogens is 290 g/mol. The van der Waals surface area contributed by atoms with Crippen molar-refractivity contribution in [2.24, 2.45) is 5.92 Å². The van der Waals surface area contributed by atoms with Crippen molar-refractivity contribution < 1.29 is 4.74 Å². The number of rotatable bonds is 8. The number of nitrogens with one attached hydrogen (secondary N) is 1. The standard InChI is InChI=1S/C15H24BrNO/c1-4-17-11-15(18-9-8-12(2)3)13-6-5-7-14(16)10-13/h5-7,10,12,15,17H,4,8-9,11H2,1-3H3. The lowest BCUT2D eigenvalue weighted by Crippen LogP contribution is -2.23. The van der Waals surface area contributed by atoms with E-state index in [-0.39, 0.29) is 6.10 Å². The molecule has 0 aromatic heterocycles. The molecule has 0 heterocycles. The Hall–Kier alpha value is -0.380. The van der Waals surface area contributed by atoms with Gasteiger partial charge < -0.3 is 10.1 Å². The number of likely N-dealkylation sites (N-methyl/N-ethyl adjacent to an activating group) is 1. The third-order valence-electron chi connectivity index (χ3n) is 2.81. The topological polar surface area (TPSA) is 21.3 Å². The summed E-state index contributed by atoms with van der Waals surface area (Å²) < 4.78 is 7.12. The van der Waals surface area contributed by atoms with Crippen molar-refractivity contribution >= 4 is 15.9 Å². The van der Waals surface area contributed by atoms with Gasteiger partial charge in [0.05, 0.1) is 6.10 Å². The fourth-order valence-electron chi connectivity index (χ4n) is 1.70. The molecule has 1 N–H and O–H groups in total. The summed E-state index contributed by atoms with van der Waals surface area (Å²) in [4.78, 5) is 0. The molecule has 1 unspecified atom stereocenters. The Morgan fingerprint density at radius 2 is 2.11 bits per heavy atom. The van der Waals surface area contributed by atoms with E-state index in [1.807, 2.05) is 6.07 Å². The molecule has 0 aliphatic carbocycles. The highest BCUT2D eigenvalue weighted by molar-refractivity contribution is 9.10. The predicted octanol–water partition coefficient (Wildman–Crippen LogP) is 4.16. The maximum atomic E-state index is 6.01. The van der Waals surface area contributed by atoms with E-state index in [0.717, 1.165) is 30.6 Å². The third-order valence-corrected chi connectivity index (χ3v) is 3.31. The van der Waals surface area contributed by atoms with Crippen LogP contribution < -0.4 is 5.32 Å². The molecular formula is C15H24BrNO. The molecule has 0 spiro atoms. The maximum Gasteiger partial charge on any atom is 0.0949 e. The zero-order valence-electron chi connectivity index (χ0n) is 11.6. The van der Waals surface area contributed by atoms with Crippen LogP contribution in [0.15, 0.2) is 28.7 Å². The Morgan fingerprint density at radius 1 is 1.33 bits per heavy atom. The van der Waals surface area contributed by atoms with Crippen molar-refractivity contribution in [2.45, 2.75) is 33.3 Å². The first kappa shape index (κ1) is 15.7. The summed E-state index contributed by atoms with van der Waals surface area (Å²) in [5.74, 6) is 0.687. The fraction of sp³-hybridized carbons (Fsp3) is 0.600. The Morgan fingerprint density at radius 3 is 2.72 bits per heavy atom. The molecule has 3 heteroatoms. The smallest absolute Gasteiger partial charge is 0.0949 e. The quantitative estimate of drug-likeness (QED) is 0.778. The summed E-state index contributed by atoms with van der Waals surface area (Å²) in [5.41, 5.74) is 1.23. The van der Waals surface area contributed by atoms with Crippen LogP contribution in [0.3, 0.4) is 0 Å².